The summed E-state index contributed by atoms with van der Waals surface area (Å²) in [6.45, 7) is 8.38. The van der Waals surface area contributed by atoms with Crippen LogP contribution in [0.5, 0.6) is 0 Å². The lowest BCUT2D eigenvalue weighted by molar-refractivity contribution is 0.0929. The summed E-state index contributed by atoms with van der Waals surface area (Å²) in [6, 6.07) is 22.1. The van der Waals surface area contributed by atoms with Gasteiger partial charge in [0.05, 0.1) is 6.21 Å². The molecule has 2 heterocycles. The maximum Gasteiger partial charge on any atom is 0.307 e. The normalized spacial score (nSPS) is 11.6. The van der Waals surface area contributed by atoms with Gasteiger partial charge in [0, 0.05) is 28.0 Å². The summed E-state index contributed by atoms with van der Waals surface area (Å²) in [5.74, 6) is -0.144. The Morgan fingerprint density at radius 2 is 1.76 bits per heavy atom. The number of hydrogen-bond acceptors (Lipinski definition) is 3. The highest BCUT2D eigenvalue weighted by Gasteiger charge is 2.15. The zero-order valence-corrected chi connectivity index (χ0v) is 19.1. The average molecular weight is 436 g/mol. The number of carbonyl (C=O) groups excluding carboxylic acids is 1. The molecule has 0 spiro atoms. The van der Waals surface area contributed by atoms with E-state index in [9.17, 15) is 4.79 Å². The Labute approximate surface area is 192 Å². The molecule has 5 rings (SSSR count). The third-order valence-corrected chi connectivity index (χ3v) is 6.31. The fourth-order valence-electron chi connectivity index (χ4n) is 4.39. The maximum atomic E-state index is 12.7. The molecule has 0 bridgehead atoms. The van der Waals surface area contributed by atoms with Gasteiger partial charge in [0.2, 0.25) is 0 Å². The van der Waals surface area contributed by atoms with Gasteiger partial charge in [-0.15, -0.1) is 0 Å². The molecule has 1 N–H and O–H groups in total. The molecule has 0 unspecified atom stereocenters. The largest absolute Gasteiger partial charge is 0.451 e. The zero-order chi connectivity index (χ0) is 23.1. The van der Waals surface area contributed by atoms with Crippen molar-refractivity contribution in [3.05, 3.63) is 101 Å². The molecule has 0 aliphatic rings. The lowest BCUT2D eigenvalue weighted by Crippen LogP contribution is -2.16. The van der Waals surface area contributed by atoms with Crippen LogP contribution in [0.4, 0.5) is 0 Å². The van der Waals surface area contributed by atoms with Crippen LogP contribution in [0.3, 0.4) is 0 Å². The third-order valence-electron chi connectivity index (χ3n) is 6.31. The van der Waals surface area contributed by atoms with Crippen molar-refractivity contribution in [3.63, 3.8) is 0 Å². The Balaban J connectivity index is 1.39. The highest BCUT2D eigenvalue weighted by molar-refractivity contribution is 6.08. The number of rotatable bonds is 4. The molecule has 0 fully saturated rings. The van der Waals surface area contributed by atoms with Gasteiger partial charge in [-0.05, 0) is 73.9 Å². The van der Waals surface area contributed by atoms with Crippen molar-refractivity contribution in [3.8, 4) is 5.69 Å². The van der Waals surface area contributed by atoms with E-state index in [1.807, 2.05) is 36.4 Å². The summed E-state index contributed by atoms with van der Waals surface area (Å²) >= 11 is 0. The van der Waals surface area contributed by atoms with Gasteiger partial charge in [0.1, 0.15) is 5.58 Å². The Hall–Kier alpha value is -4.12. The summed E-state index contributed by atoms with van der Waals surface area (Å²) in [4.78, 5) is 12.7. The van der Waals surface area contributed by atoms with E-state index in [1.165, 1.54) is 11.1 Å². The lowest BCUT2D eigenvalue weighted by Gasteiger charge is -2.14. The van der Waals surface area contributed by atoms with E-state index in [0.717, 1.165) is 38.8 Å². The minimum absolute atomic E-state index is 0.236. The predicted octanol–water partition coefficient (Wildman–Crippen LogP) is 6.37. The number of hydrogen-bond donors (Lipinski definition) is 1. The van der Waals surface area contributed by atoms with Gasteiger partial charge in [-0.25, -0.2) is 5.43 Å². The first-order valence-electron chi connectivity index (χ1n) is 10.9. The van der Waals surface area contributed by atoms with Gasteiger partial charge in [-0.1, -0.05) is 42.5 Å². The number of furan rings is 1. The first-order chi connectivity index (χ1) is 15.9. The molecule has 0 aliphatic heterocycles. The number of amides is 1. The molecule has 0 saturated carbocycles. The van der Waals surface area contributed by atoms with E-state index >= 15 is 0 Å². The van der Waals surface area contributed by atoms with Crippen LogP contribution in [-0.4, -0.2) is 16.7 Å². The van der Waals surface area contributed by atoms with E-state index in [4.69, 9.17) is 4.42 Å². The molecule has 33 heavy (non-hydrogen) atoms. The van der Waals surface area contributed by atoms with Crippen molar-refractivity contribution < 1.29 is 9.21 Å². The van der Waals surface area contributed by atoms with Gasteiger partial charge in [0.25, 0.3) is 0 Å². The number of hydrazone groups is 1. The average Bonchev–Trinajstić information content (AvgIpc) is 3.37. The fourth-order valence-corrected chi connectivity index (χ4v) is 4.39. The topological polar surface area (TPSA) is 59.5 Å². The molecule has 2 aromatic heterocycles. The van der Waals surface area contributed by atoms with Crippen LogP contribution in [0.1, 0.15) is 38.6 Å². The standard InChI is InChI=1S/C28H25N3O2/c1-17-8-7-11-25(19(17)3)31-18(2)14-22(20(31)4)16-29-30-28(32)27-15-24-23-10-6-5-9-21(23)12-13-26(24)33-27/h5-16H,1-4H3,(H,30,32)/b29-16+. The second-order valence-electron chi connectivity index (χ2n) is 8.39. The number of fused-ring (bicyclic) bond motifs is 3. The van der Waals surface area contributed by atoms with Crippen LogP contribution in [0.2, 0.25) is 0 Å². The van der Waals surface area contributed by atoms with Gasteiger partial charge in [-0.2, -0.15) is 5.10 Å². The molecule has 0 atom stereocenters. The predicted molar refractivity (Wildman–Crippen MR) is 133 cm³/mol. The van der Waals surface area contributed by atoms with E-state index in [-0.39, 0.29) is 11.7 Å². The SMILES string of the molecule is Cc1cccc(-n2c(C)cc(/C=N/NC(=O)c3cc4c(ccc5ccccc54)o3)c2C)c1C. The second-order valence-corrected chi connectivity index (χ2v) is 8.39. The number of aromatic nitrogens is 1. The monoisotopic (exact) mass is 435 g/mol. The van der Waals surface area contributed by atoms with Crippen molar-refractivity contribution in [2.45, 2.75) is 27.7 Å². The summed E-state index contributed by atoms with van der Waals surface area (Å²) in [5, 5.41) is 7.28. The van der Waals surface area contributed by atoms with E-state index in [0.29, 0.717) is 5.58 Å². The molecule has 0 saturated heterocycles. The van der Waals surface area contributed by atoms with Crippen LogP contribution in [-0.2, 0) is 0 Å². The van der Waals surface area contributed by atoms with Crippen molar-refractivity contribution in [2.24, 2.45) is 5.10 Å². The van der Waals surface area contributed by atoms with Crippen molar-refractivity contribution in [2.75, 3.05) is 0 Å². The maximum absolute atomic E-state index is 12.7. The van der Waals surface area contributed by atoms with Crippen LogP contribution in [0.15, 0.2) is 76.2 Å². The van der Waals surface area contributed by atoms with Crippen LogP contribution in [0, 0.1) is 27.7 Å². The minimum Gasteiger partial charge on any atom is -0.451 e. The molecule has 0 radical (unpaired) electrons. The highest BCUT2D eigenvalue weighted by Crippen LogP contribution is 2.28. The van der Waals surface area contributed by atoms with Crippen LogP contribution >= 0.6 is 0 Å². The first-order valence-corrected chi connectivity index (χ1v) is 10.9. The Bertz CT molecular complexity index is 1550. The Morgan fingerprint density at radius 1 is 0.939 bits per heavy atom. The first kappa shape index (κ1) is 20.8. The van der Waals surface area contributed by atoms with Crippen LogP contribution in [0.25, 0.3) is 27.4 Å². The number of nitrogens with zero attached hydrogens (tertiary/aromatic N) is 2. The van der Waals surface area contributed by atoms with E-state index < -0.39 is 0 Å². The lowest BCUT2D eigenvalue weighted by atomic mass is 10.1. The molecule has 164 valence electrons. The van der Waals surface area contributed by atoms with Crippen molar-refractivity contribution in [1.29, 1.82) is 0 Å². The number of aryl methyl sites for hydroxylation is 2. The second kappa shape index (κ2) is 8.10. The highest BCUT2D eigenvalue weighted by atomic mass is 16.3. The quantitative estimate of drug-likeness (QED) is 0.263. The number of nitrogens with one attached hydrogen (secondary N) is 1. The Morgan fingerprint density at radius 3 is 2.61 bits per heavy atom. The van der Waals surface area contributed by atoms with Gasteiger partial charge in [0.15, 0.2) is 5.76 Å². The molecule has 0 aliphatic carbocycles. The fraction of sp³-hybridized carbons (Fsp3) is 0.143. The number of carbonyl (C=O) groups is 1. The van der Waals surface area contributed by atoms with Crippen molar-refractivity contribution >= 4 is 33.9 Å². The third kappa shape index (κ3) is 3.61. The summed E-state index contributed by atoms with van der Waals surface area (Å²) in [7, 11) is 0. The van der Waals surface area contributed by atoms with Crippen LogP contribution < -0.4 is 5.43 Å². The molecule has 5 nitrogen and oxygen atoms in total. The van der Waals surface area contributed by atoms with E-state index in [1.54, 1.807) is 12.3 Å². The molecular formula is C28H25N3O2. The Kier molecular flexibility index (Phi) is 5.09. The van der Waals surface area contributed by atoms with Gasteiger partial charge < -0.3 is 8.98 Å². The molecule has 1 amide bonds. The van der Waals surface area contributed by atoms with Crippen molar-refractivity contribution in [1.82, 2.24) is 9.99 Å². The summed E-state index contributed by atoms with van der Waals surface area (Å²) in [6.07, 6.45) is 1.68. The van der Waals surface area contributed by atoms with Gasteiger partial charge in [-0.3, -0.25) is 4.79 Å². The van der Waals surface area contributed by atoms with E-state index in [2.05, 4.69) is 67.1 Å². The smallest absolute Gasteiger partial charge is 0.307 e. The minimum atomic E-state index is -0.380. The zero-order valence-electron chi connectivity index (χ0n) is 19.1. The number of benzene rings is 3. The van der Waals surface area contributed by atoms with Gasteiger partial charge >= 0.3 is 5.91 Å². The molecule has 5 aromatic rings. The summed E-state index contributed by atoms with van der Waals surface area (Å²) < 4.78 is 8.00. The molecule has 5 heteroatoms. The summed E-state index contributed by atoms with van der Waals surface area (Å²) in [5.41, 5.74) is 10.1. The molecule has 3 aromatic carbocycles. The molecular weight excluding hydrogens is 410 g/mol.